The predicted octanol–water partition coefficient (Wildman–Crippen LogP) is 4.06. The molecule has 0 bridgehead atoms. The van der Waals surface area contributed by atoms with Crippen molar-refractivity contribution in [2.45, 2.75) is 20.0 Å². The zero-order chi connectivity index (χ0) is 17.9. The van der Waals surface area contributed by atoms with E-state index in [1.165, 1.54) is 24.3 Å². The first-order valence-electron chi connectivity index (χ1n) is 7.03. The highest BCUT2D eigenvalue weighted by Gasteiger charge is 2.38. The minimum absolute atomic E-state index is 0.0600. The Morgan fingerprint density at radius 3 is 2.08 bits per heavy atom. The number of anilines is 2. The highest BCUT2D eigenvalue weighted by molar-refractivity contribution is 6.05. The largest absolute Gasteiger partial charge is 0.471 e. The summed E-state index contributed by atoms with van der Waals surface area (Å²) in [5.74, 6) is -2.46. The van der Waals surface area contributed by atoms with E-state index in [1.807, 2.05) is 19.9 Å². The molecule has 0 aliphatic rings. The van der Waals surface area contributed by atoms with Gasteiger partial charge in [-0.25, -0.2) is 0 Å². The van der Waals surface area contributed by atoms with E-state index in [9.17, 15) is 22.8 Å². The lowest BCUT2D eigenvalue weighted by atomic mass is 10.1. The molecule has 24 heavy (non-hydrogen) atoms. The van der Waals surface area contributed by atoms with Crippen LogP contribution in [0.4, 0.5) is 24.5 Å². The Morgan fingerprint density at radius 1 is 0.875 bits per heavy atom. The molecule has 0 saturated carbocycles. The molecular weight excluding hydrogens is 321 g/mol. The summed E-state index contributed by atoms with van der Waals surface area (Å²) in [5.41, 5.74) is 2.65. The van der Waals surface area contributed by atoms with Crippen LogP contribution in [0.3, 0.4) is 0 Å². The monoisotopic (exact) mass is 336 g/mol. The fourth-order valence-corrected chi connectivity index (χ4v) is 1.96. The minimum Gasteiger partial charge on any atom is -0.322 e. The molecule has 7 heteroatoms. The summed E-state index contributed by atoms with van der Waals surface area (Å²) < 4.78 is 36.8. The molecule has 0 unspecified atom stereocenters. The summed E-state index contributed by atoms with van der Waals surface area (Å²) in [6, 6.07) is 10.7. The first kappa shape index (κ1) is 17.5. The second kappa shape index (κ2) is 6.74. The smallest absolute Gasteiger partial charge is 0.322 e. The lowest BCUT2D eigenvalue weighted by Crippen LogP contribution is -2.29. The van der Waals surface area contributed by atoms with Crippen LogP contribution in [0.2, 0.25) is 0 Å². The lowest BCUT2D eigenvalue weighted by Gasteiger charge is -2.11. The van der Waals surface area contributed by atoms with Gasteiger partial charge in [-0.3, -0.25) is 9.59 Å². The van der Waals surface area contributed by atoms with Gasteiger partial charge in [0.2, 0.25) is 0 Å². The minimum atomic E-state index is -4.97. The molecule has 0 radical (unpaired) electrons. The first-order chi connectivity index (χ1) is 11.2. The molecule has 0 aliphatic carbocycles. The van der Waals surface area contributed by atoms with Crippen molar-refractivity contribution in [2.24, 2.45) is 0 Å². The molecule has 0 aliphatic heterocycles. The summed E-state index contributed by atoms with van der Waals surface area (Å²) >= 11 is 0. The number of benzene rings is 2. The van der Waals surface area contributed by atoms with E-state index >= 15 is 0 Å². The number of alkyl halides is 3. The number of aryl methyl sites for hydroxylation is 2. The Hall–Kier alpha value is -2.83. The zero-order valence-corrected chi connectivity index (χ0v) is 13.0. The van der Waals surface area contributed by atoms with E-state index in [2.05, 4.69) is 5.32 Å². The van der Waals surface area contributed by atoms with E-state index < -0.39 is 18.0 Å². The highest BCUT2D eigenvalue weighted by Crippen LogP contribution is 2.21. The van der Waals surface area contributed by atoms with Crippen molar-refractivity contribution in [3.05, 3.63) is 59.2 Å². The summed E-state index contributed by atoms with van der Waals surface area (Å²) in [6.07, 6.45) is -4.97. The number of carbonyl (C=O) groups excluding carboxylic acids is 2. The molecule has 2 aromatic carbocycles. The van der Waals surface area contributed by atoms with Gasteiger partial charge >= 0.3 is 12.1 Å². The van der Waals surface area contributed by atoms with Crippen LogP contribution in [0, 0.1) is 13.8 Å². The van der Waals surface area contributed by atoms with Gasteiger partial charge in [0, 0.05) is 16.9 Å². The normalized spacial score (nSPS) is 11.0. The number of nitrogens with one attached hydrogen (secondary N) is 2. The molecule has 0 saturated heterocycles. The van der Waals surface area contributed by atoms with Gasteiger partial charge in [-0.05, 0) is 55.3 Å². The Labute approximate surface area is 136 Å². The van der Waals surface area contributed by atoms with Gasteiger partial charge in [0.05, 0.1) is 0 Å². The van der Waals surface area contributed by atoms with E-state index in [0.29, 0.717) is 5.56 Å². The first-order valence-corrected chi connectivity index (χ1v) is 7.03. The summed E-state index contributed by atoms with van der Waals surface area (Å²) in [7, 11) is 0. The van der Waals surface area contributed by atoms with Crippen molar-refractivity contribution >= 4 is 23.2 Å². The van der Waals surface area contributed by atoms with Gasteiger partial charge in [0.25, 0.3) is 5.91 Å². The van der Waals surface area contributed by atoms with E-state index in [1.54, 1.807) is 17.4 Å². The second-order valence-electron chi connectivity index (χ2n) is 5.29. The fraction of sp³-hybridized carbons (Fsp3) is 0.176. The van der Waals surface area contributed by atoms with Crippen molar-refractivity contribution in [1.82, 2.24) is 0 Å². The molecule has 0 heterocycles. The maximum Gasteiger partial charge on any atom is 0.471 e. The summed E-state index contributed by atoms with van der Waals surface area (Å²) in [6.45, 7) is 3.79. The summed E-state index contributed by atoms with van der Waals surface area (Å²) in [4.78, 5) is 23.1. The number of hydrogen-bond acceptors (Lipinski definition) is 2. The SMILES string of the molecule is Cc1ccc(C(=O)Nc2cccc(NC(=O)C(F)(F)F)c2)cc1C. The van der Waals surface area contributed by atoms with Crippen molar-refractivity contribution in [3.63, 3.8) is 0 Å². The second-order valence-corrected chi connectivity index (χ2v) is 5.29. The van der Waals surface area contributed by atoms with Crippen LogP contribution in [0.5, 0.6) is 0 Å². The number of amides is 2. The molecular formula is C17H15F3N2O2. The van der Waals surface area contributed by atoms with Gasteiger partial charge in [0.1, 0.15) is 0 Å². The molecule has 2 N–H and O–H groups in total. The number of rotatable bonds is 3. The molecule has 0 spiro atoms. The van der Waals surface area contributed by atoms with Crippen LogP contribution in [-0.2, 0) is 4.79 Å². The van der Waals surface area contributed by atoms with E-state index in [0.717, 1.165) is 11.1 Å². The van der Waals surface area contributed by atoms with Gasteiger partial charge in [-0.2, -0.15) is 13.2 Å². The van der Waals surface area contributed by atoms with Crippen LogP contribution in [0.1, 0.15) is 21.5 Å². The van der Waals surface area contributed by atoms with E-state index in [-0.39, 0.29) is 11.4 Å². The van der Waals surface area contributed by atoms with Crippen LogP contribution in [-0.4, -0.2) is 18.0 Å². The number of hydrogen-bond donors (Lipinski definition) is 2. The van der Waals surface area contributed by atoms with Crippen molar-refractivity contribution in [1.29, 1.82) is 0 Å². The number of carbonyl (C=O) groups is 2. The Bertz CT molecular complexity index is 786. The zero-order valence-electron chi connectivity index (χ0n) is 13.0. The Morgan fingerprint density at radius 2 is 1.50 bits per heavy atom. The standard InChI is InChI=1S/C17H15F3N2O2/c1-10-6-7-12(8-11(10)2)15(23)21-13-4-3-5-14(9-13)22-16(24)17(18,19)20/h3-9H,1-2H3,(H,21,23)(H,22,24). The molecule has 0 aromatic heterocycles. The topological polar surface area (TPSA) is 58.2 Å². The van der Waals surface area contributed by atoms with Crippen LogP contribution >= 0.6 is 0 Å². The molecule has 2 amide bonds. The molecule has 0 fully saturated rings. The van der Waals surface area contributed by atoms with Crippen molar-refractivity contribution < 1.29 is 22.8 Å². The Kier molecular flexibility index (Phi) is 4.92. The van der Waals surface area contributed by atoms with Gasteiger partial charge in [-0.15, -0.1) is 0 Å². The predicted molar refractivity (Wildman–Crippen MR) is 85.0 cm³/mol. The maximum absolute atomic E-state index is 12.3. The molecule has 2 rings (SSSR count). The average Bonchev–Trinajstić information content (AvgIpc) is 2.49. The van der Waals surface area contributed by atoms with E-state index in [4.69, 9.17) is 0 Å². The average molecular weight is 336 g/mol. The molecule has 4 nitrogen and oxygen atoms in total. The van der Waals surface area contributed by atoms with Gasteiger partial charge in [0.15, 0.2) is 0 Å². The third-order valence-electron chi connectivity index (χ3n) is 3.40. The van der Waals surface area contributed by atoms with Crippen LogP contribution in [0.15, 0.2) is 42.5 Å². The lowest BCUT2D eigenvalue weighted by molar-refractivity contribution is -0.167. The fourth-order valence-electron chi connectivity index (χ4n) is 1.96. The molecule has 0 atom stereocenters. The van der Waals surface area contributed by atoms with Gasteiger partial charge in [-0.1, -0.05) is 12.1 Å². The molecule has 126 valence electrons. The maximum atomic E-state index is 12.3. The number of halogens is 3. The van der Waals surface area contributed by atoms with Gasteiger partial charge < -0.3 is 10.6 Å². The molecule has 2 aromatic rings. The highest BCUT2D eigenvalue weighted by atomic mass is 19.4. The third kappa shape index (κ3) is 4.34. The summed E-state index contributed by atoms with van der Waals surface area (Å²) in [5, 5.41) is 4.32. The van der Waals surface area contributed by atoms with Crippen molar-refractivity contribution in [3.8, 4) is 0 Å². The van der Waals surface area contributed by atoms with Crippen LogP contribution < -0.4 is 10.6 Å². The quantitative estimate of drug-likeness (QED) is 0.888. The Balaban J connectivity index is 2.13. The van der Waals surface area contributed by atoms with Crippen LogP contribution in [0.25, 0.3) is 0 Å². The van der Waals surface area contributed by atoms with Crippen molar-refractivity contribution in [2.75, 3.05) is 10.6 Å². The third-order valence-corrected chi connectivity index (χ3v) is 3.40.